The van der Waals surface area contributed by atoms with Crippen LogP contribution >= 0.6 is 0 Å². The fourth-order valence-corrected chi connectivity index (χ4v) is 3.17. The Morgan fingerprint density at radius 3 is 2.34 bits per heavy atom. The monoisotopic (exact) mass is 432 g/mol. The van der Waals surface area contributed by atoms with E-state index in [1.165, 1.54) is 24.3 Å². The minimum atomic E-state index is -0.613. The van der Waals surface area contributed by atoms with Gasteiger partial charge in [0.15, 0.2) is 0 Å². The number of amides is 2. The first-order valence-electron chi connectivity index (χ1n) is 10.4. The molecule has 0 saturated carbocycles. The average molecular weight is 432 g/mol. The molecule has 0 unspecified atom stereocenters. The molecule has 3 aromatic rings. The van der Waals surface area contributed by atoms with Gasteiger partial charge in [-0.15, -0.1) is 0 Å². The van der Waals surface area contributed by atoms with Gasteiger partial charge in [-0.3, -0.25) is 9.59 Å². The van der Waals surface area contributed by atoms with Crippen molar-refractivity contribution in [1.29, 1.82) is 0 Å². The van der Waals surface area contributed by atoms with E-state index in [0.29, 0.717) is 11.3 Å². The number of nitrogens with one attached hydrogen (secondary N) is 2. The molecule has 0 fully saturated rings. The van der Waals surface area contributed by atoms with Gasteiger partial charge in [-0.2, -0.15) is 5.10 Å². The lowest BCUT2D eigenvalue weighted by Crippen LogP contribution is -2.21. The van der Waals surface area contributed by atoms with Gasteiger partial charge in [-0.1, -0.05) is 30.3 Å². The highest BCUT2D eigenvalue weighted by atomic mass is 19.1. The lowest BCUT2D eigenvalue weighted by atomic mass is 10.1. The maximum atomic E-state index is 13.8. The number of anilines is 2. The first-order chi connectivity index (χ1) is 15.5. The van der Waals surface area contributed by atoms with Gasteiger partial charge in [0, 0.05) is 30.0 Å². The molecule has 32 heavy (non-hydrogen) atoms. The lowest BCUT2D eigenvalue weighted by Gasteiger charge is -2.20. The third kappa shape index (κ3) is 5.78. The first-order valence-corrected chi connectivity index (χ1v) is 10.4. The largest absolute Gasteiger partial charge is 0.372 e. The molecule has 0 heterocycles. The Labute approximate surface area is 186 Å². The third-order valence-electron chi connectivity index (χ3n) is 4.90. The van der Waals surface area contributed by atoms with E-state index < -0.39 is 17.6 Å². The van der Waals surface area contributed by atoms with Gasteiger partial charge in [0.2, 0.25) is 0 Å². The van der Waals surface area contributed by atoms with Gasteiger partial charge >= 0.3 is 0 Å². The number of carbonyl (C=O) groups is 2. The highest BCUT2D eigenvalue weighted by molar-refractivity contribution is 6.05. The fourth-order valence-electron chi connectivity index (χ4n) is 3.17. The molecule has 0 aliphatic carbocycles. The van der Waals surface area contributed by atoms with Crippen LogP contribution in [0.2, 0.25) is 0 Å². The van der Waals surface area contributed by atoms with Crippen molar-refractivity contribution in [2.45, 2.75) is 13.8 Å². The number of hydrogen-bond acceptors (Lipinski definition) is 4. The van der Waals surface area contributed by atoms with E-state index in [-0.39, 0.29) is 5.56 Å². The molecular weight excluding hydrogens is 407 g/mol. The van der Waals surface area contributed by atoms with Crippen molar-refractivity contribution in [3.63, 3.8) is 0 Å². The number of halogens is 1. The highest BCUT2D eigenvalue weighted by Crippen LogP contribution is 2.15. The molecule has 2 amide bonds. The number of rotatable bonds is 8. The summed E-state index contributed by atoms with van der Waals surface area (Å²) in [5, 5.41) is 6.61. The molecule has 2 N–H and O–H groups in total. The van der Waals surface area contributed by atoms with Crippen LogP contribution in [0.5, 0.6) is 0 Å². The molecule has 3 rings (SSSR count). The smallest absolute Gasteiger partial charge is 0.271 e. The Bertz CT molecular complexity index is 1110. The second-order valence-corrected chi connectivity index (χ2v) is 6.98. The SMILES string of the molecule is CCN(CC)c1ccc(/C=N\NC(=O)c2cccc(NC(=O)c3ccccc3F)c2)cc1. The highest BCUT2D eigenvalue weighted by Gasteiger charge is 2.12. The molecule has 0 saturated heterocycles. The van der Waals surface area contributed by atoms with Gasteiger partial charge in [-0.05, 0) is 61.9 Å². The summed E-state index contributed by atoms with van der Waals surface area (Å²) in [6.45, 7) is 6.07. The van der Waals surface area contributed by atoms with Crippen molar-refractivity contribution in [1.82, 2.24) is 5.43 Å². The predicted molar refractivity (Wildman–Crippen MR) is 126 cm³/mol. The van der Waals surface area contributed by atoms with E-state index in [0.717, 1.165) is 24.3 Å². The minimum Gasteiger partial charge on any atom is -0.372 e. The van der Waals surface area contributed by atoms with Gasteiger partial charge in [0.1, 0.15) is 5.82 Å². The van der Waals surface area contributed by atoms with E-state index in [2.05, 4.69) is 34.6 Å². The summed E-state index contributed by atoms with van der Waals surface area (Å²) in [4.78, 5) is 26.9. The molecule has 0 atom stereocenters. The molecule has 3 aromatic carbocycles. The zero-order valence-corrected chi connectivity index (χ0v) is 18.0. The summed E-state index contributed by atoms with van der Waals surface area (Å²) in [7, 11) is 0. The van der Waals surface area contributed by atoms with Crippen molar-refractivity contribution in [2.24, 2.45) is 5.10 Å². The Kier molecular flexibility index (Phi) is 7.70. The van der Waals surface area contributed by atoms with E-state index >= 15 is 0 Å². The van der Waals surface area contributed by atoms with E-state index in [4.69, 9.17) is 0 Å². The predicted octanol–water partition coefficient (Wildman–Crippen LogP) is 4.69. The Hall–Kier alpha value is -4.00. The van der Waals surface area contributed by atoms with Crippen molar-refractivity contribution in [2.75, 3.05) is 23.3 Å². The zero-order chi connectivity index (χ0) is 22.9. The second-order valence-electron chi connectivity index (χ2n) is 6.98. The summed E-state index contributed by atoms with van der Waals surface area (Å²) in [6.07, 6.45) is 1.56. The van der Waals surface area contributed by atoms with Crippen molar-refractivity contribution in [3.8, 4) is 0 Å². The van der Waals surface area contributed by atoms with Gasteiger partial charge in [-0.25, -0.2) is 9.82 Å². The van der Waals surface area contributed by atoms with E-state index in [1.807, 2.05) is 24.3 Å². The molecule has 0 bridgehead atoms. The maximum Gasteiger partial charge on any atom is 0.271 e. The summed E-state index contributed by atoms with van der Waals surface area (Å²) >= 11 is 0. The normalized spacial score (nSPS) is 10.7. The Morgan fingerprint density at radius 2 is 1.66 bits per heavy atom. The number of benzene rings is 3. The number of nitrogens with zero attached hydrogens (tertiary/aromatic N) is 2. The molecule has 0 aliphatic rings. The van der Waals surface area contributed by atoms with E-state index in [1.54, 1.807) is 30.5 Å². The quantitative estimate of drug-likeness (QED) is 0.401. The minimum absolute atomic E-state index is 0.0704. The van der Waals surface area contributed by atoms with Gasteiger partial charge in [0.05, 0.1) is 11.8 Å². The first kappa shape index (κ1) is 22.7. The van der Waals surface area contributed by atoms with Crippen LogP contribution in [0.4, 0.5) is 15.8 Å². The van der Waals surface area contributed by atoms with Crippen LogP contribution in [0.3, 0.4) is 0 Å². The Morgan fingerprint density at radius 1 is 0.938 bits per heavy atom. The summed E-state index contributed by atoms with van der Waals surface area (Å²) < 4.78 is 13.8. The van der Waals surface area contributed by atoms with Gasteiger partial charge in [0.25, 0.3) is 11.8 Å². The molecule has 0 spiro atoms. The summed E-state index contributed by atoms with van der Waals surface area (Å²) in [5.41, 5.74) is 5.08. The second kappa shape index (κ2) is 10.9. The molecule has 0 aromatic heterocycles. The van der Waals surface area contributed by atoms with Gasteiger partial charge < -0.3 is 10.2 Å². The summed E-state index contributed by atoms with van der Waals surface area (Å²) in [6, 6.07) is 19.9. The van der Waals surface area contributed by atoms with Crippen LogP contribution < -0.4 is 15.6 Å². The zero-order valence-electron chi connectivity index (χ0n) is 18.0. The van der Waals surface area contributed by atoms with Crippen molar-refractivity contribution >= 4 is 29.4 Å². The number of carbonyl (C=O) groups excluding carboxylic acids is 2. The van der Waals surface area contributed by atoms with Crippen molar-refractivity contribution in [3.05, 3.63) is 95.3 Å². The summed E-state index contributed by atoms with van der Waals surface area (Å²) in [5.74, 6) is -1.63. The fraction of sp³-hybridized carbons (Fsp3) is 0.160. The topological polar surface area (TPSA) is 73.8 Å². The molecule has 6 nitrogen and oxygen atoms in total. The van der Waals surface area contributed by atoms with Crippen LogP contribution in [0.1, 0.15) is 40.1 Å². The Balaban J connectivity index is 1.61. The van der Waals surface area contributed by atoms with Crippen LogP contribution in [0.25, 0.3) is 0 Å². The average Bonchev–Trinajstić information content (AvgIpc) is 2.81. The van der Waals surface area contributed by atoms with Crippen LogP contribution in [-0.2, 0) is 0 Å². The maximum absolute atomic E-state index is 13.8. The van der Waals surface area contributed by atoms with Crippen molar-refractivity contribution < 1.29 is 14.0 Å². The number of hydrogen-bond donors (Lipinski definition) is 2. The molecule has 164 valence electrons. The molecule has 0 aliphatic heterocycles. The third-order valence-corrected chi connectivity index (χ3v) is 4.90. The standard InChI is InChI=1S/C25H25FN4O2/c1-3-30(4-2)21-14-12-18(13-15-21)17-27-29-24(31)19-8-7-9-20(16-19)28-25(32)22-10-5-6-11-23(22)26/h5-17H,3-4H2,1-2H3,(H,28,32)(H,29,31)/b27-17-. The van der Waals surface area contributed by atoms with E-state index in [9.17, 15) is 14.0 Å². The number of hydrazone groups is 1. The van der Waals surface area contributed by atoms with Crippen LogP contribution in [-0.4, -0.2) is 31.1 Å². The van der Waals surface area contributed by atoms with Crippen LogP contribution in [0.15, 0.2) is 77.9 Å². The molecule has 7 heteroatoms. The molecular formula is C25H25FN4O2. The van der Waals surface area contributed by atoms with Crippen LogP contribution in [0, 0.1) is 5.82 Å². The lowest BCUT2D eigenvalue weighted by molar-refractivity contribution is 0.0953. The molecule has 0 radical (unpaired) electrons.